The first-order valence-electron chi connectivity index (χ1n) is 4.63. The zero-order valence-electron chi connectivity index (χ0n) is 8.76. The molecule has 2 nitrogen and oxygen atoms in total. The summed E-state index contributed by atoms with van der Waals surface area (Å²) >= 11 is 0. The SMILES string of the molecule is Cc1cc(C)c(C(O)CN)c(C)c1F. The number of rotatable bonds is 2. The Morgan fingerprint density at radius 1 is 1.36 bits per heavy atom. The predicted molar refractivity (Wildman–Crippen MR) is 54.6 cm³/mol. The first kappa shape index (κ1) is 11.1. The number of aliphatic hydroxyl groups is 1. The summed E-state index contributed by atoms with van der Waals surface area (Å²) < 4.78 is 13.5. The van der Waals surface area contributed by atoms with E-state index in [1.54, 1.807) is 19.9 Å². The van der Waals surface area contributed by atoms with Crippen molar-refractivity contribution in [2.45, 2.75) is 26.9 Å². The molecular formula is C11H16FNO. The molecule has 0 spiro atoms. The van der Waals surface area contributed by atoms with Crippen LogP contribution in [0.4, 0.5) is 4.39 Å². The lowest BCUT2D eigenvalue weighted by Gasteiger charge is -2.16. The highest BCUT2D eigenvalue weighted by molar-refractivity contribution is 5.40. The van der Waals surface area contributed by atoms with E-state index in [4.69, 9.17) is 5.73 Å². The molecule has 3 heteroatoms. The molecule has 1 unspecified atom stereocenters. The lowest BCUT2D eigenvalue weighted by molar-refractivity contribution is 0.184. The van der Waals surface area contributed by atoms with Crippen LogP contribution in [0.15, 0.2) is 6.07 Å². The molecule has 3 N–H and O–H groups in total. The monoisotopic (exact) mass is 197 g/mol. The average Bonchev–Trinajstić information content (AvgIpc) is 2.14. The van der Waals surface area contributed by atoms with Crippen molar-refractivity contribution < 1.29 is 9.50 Å². The van der Waals surface area contributed by atoms with Crippen LogP contribution in [0.5, 0.6) is 0 Å². The number of hydrogen-bond acceptors (Lipinski definition) is 2. The van der Waals surface area contributed by atoms with Gasteiger partial charge in [0.1, 0.15) is 5.82 Å². The summed E-state index contributed by atoms with van der Waals surface area (Å²) in [5.41, 5.74) is 7.97. The van der Waals surface area contributed by atoms with E-state index in [1.807, 2.05) is 6.92 Å². The van der Waals surface area contributed by atoms with Gasteiger partial charge in [0, 0.05) is 6.54 Å². The fraction of sp³-hybridized carbons (Fsp3) is 0.455. The molecule has 0 bridgehead atoms. The molecule has 14 heavy (non-hydrogen) atoms. The molecule has 0 saturated heterocycles. The van der Waals surface area contributed by atoms with Gasteiger partial charge in [-0.3, -0.25) is 0 Å². The van der Waals surface area contributed by atoms with Gasteiger partial charge in [0.25, 0.3) is 0 Å². The number of nitrogens with two attached hydrogens (primary N) is 1. The summed E-state index contributed by atoms with van der Waals surface area (Å²) in [5.74, 6) is -0.252. The largest absolute Gasteiger partial charge is 0.387 e. The van der Waals surface area contributed by atoms with E-state index in [0.29, 0.717) is 16.7 Å². The van der Waals surface area contributed by atoms with Gasteiger partial charge < -0.3 is 10.8 Å². The van der Waals surface area contributed by atoms with Crippen LogP contribution >= 0.6 is 0 Å². The predicted octanol–water partition coefficient (Wildman–Crippen LogP) is 1.74. The summed E-state index contributed by atoms with van der Waals surface area (Å²) in [6.45, 7) is 5.36. The first-order chi connectivity index (χ1) is 6.49. The van der Waals surface area contributed by atoms with Gasteiger partial charge in [-0.05, 0) is 43.0 Å². The topological polar surface area (TPSA) is 46.2 Å². The third kappa shape index (κ3) is 1.79. The van der Waals surface area contributed by atoms with Crippen LogP contribution in [0.2, 0.25) is 0 Å². The van der Waals surface area contributed by atoms with Gasteiger partial charge in [-0.25, -0.2) is 4.39 Å². The third-order valence-electron chi connectivity index (χ3n) is 2.49. The van der Waals surface area contributed by atoms with Gasteiger partial charge in [0.05, 0.1) is 6.10 Å². The maximum atomic E-state index is 13.5. The van der Waals surface area contributed by atoms with Crippen LogP contribution in [0.1, 0.15) is 28.4 Å². The molecule has 0 saturated carbocycles. The Morgan fingerprint density at radius 3 is 2.43 bits per heavy atom. The lowest BCUT2D eigenvalue weighted by Crippen LogP contribution is -2.15. The minimum absolute atomic E-state index is 0.115. The van der Waals surface area contributed by atoms with Crippen LogP contribution in [-0.4, -0.2) is 11.7 Å². The van der Waals surface area contributed by atoms with Crippen LogP contribution in [0, 0.1) is 26.6 Å². The highest BCUT2D eigenvalue weighted by Gasteiger charge is 2.16. The minimum atomic E-state index is -0.773. The molecule has 1 atom stereocenters. The summed E-state index contributed by atoms with van der Waals surface area (Å²) in [4.78, 5) is 0. The van der Waals surface area contributed by atoms with E-state index in [-0.39, 0.29) is 12.4 Å². The van der Waals surface area contributed by atoms with Crippen LogP contribution < -0.4 is 5.73 Å². The highest BCUT2D eigenvalue weighted by Crippen LogP contribution is 2.25. The van der Waals surface area contributed by atoms with Gasteiger partial charge in [0.15, 0.2) is 0 Å². The van der Waals surface area contributed by atoms with Crippen molar-refractivity contribution in [3.8, 4) is 0 Å². The maximum absolute atomic E-state index is 13.5. The van der Waals surface area contributed by atoms with Crippen molar-refractivity contribution in [2.24, 2.45) is 5.73 Å². The van der Waals surface area contributed by atoms with Crippen molar-refractivity contribution in [3.05, 3.63) is 34.1 Å². The van der Waals surface area contributed by atoms with Gasteiger partial charge in [-0.2, -0.15) is 0 Å². The fourth-order valence-electron chi connectivity index (χ4n) is 1.81. The van der Waals surface area contributed by atoms with E-state index in [1.165, 1.54) is 0 Å². The van der Waals surface area contributed by atoms with Crippen molar-refractivity contribution >= 4 is 0 Å². The Hall–Kier alpha value is -0.930. The molecule has 0 amide bonds. The number of halogens is 1. The fourth-order valence-corrected chi connectivity index (χ4v) is 1.81. The number of hydrogen-bond donors (Lipinski definition) is 2. The van der Waals surface area contributed by atoms with E-state index in [0.717, 1.165) is 5.56 Å². The lowest BCUT2D eigenvalue weighted by atomic mass is 9.95. The second-order valence-electron chi connectivity index (χ2n) is 3.61. The van der Waals surface area contributed by atoms with E-state index >= 15 is 0 Å². The normalized spacial score (nSPS) is 13.0. The molecular weight excluding hydrogens is 181 g/mol. The quantitative estimate of drug-likeness (QED) is 0.758. The van der Waals surface area contributed by atoms with E-state index in [9.17, 15) is 9.50 Å². The van der Waals surface area contributed by atoms with Gasteiger partial charge >= 0.3 is 0 Å². The first-order valence-corrected chi connectivity index (χ1v) is 4.63. The zero-order chi connectivity index (χ0) is 10.9. The molecule has 1 rings (SSSR count). The molecule has 0 aromatic heterocycles. The van der Waals surface area contributed by atoms with Gasteiger partial charge in [-0.15, -0.1) is 0 Å². The van der Waals surface area contributed by atoms with Crippen molar-refractivity contribution in [1.82, 2.24) is 0 Å². The molecule has 0 fully saturated rings. The molecule has 1 aromatic rings. The molecule has 0 aliphatic heterocycles. The van der Waals surface area contributed by atoms with Crippen molar-refractivity contribution in [2.75, 3.05) is 6.54 Å². The molecule has 0 aliphatic rings. The van der Waals surface area contributed by atoms with Crippen LogP contribution in [-0.2, 0) is 0 Å². The third-order valence-corrected chi connectivity index (χ3v) is 2.49. The Balaban J connectivity index is 3.36. The summed E-state index contributed by atoms with van der Waals surface area (Å²) in [6, 6.07) is 1.73. The molecule has 0 radical (unpaired) electrons. The van der Waals surface area contributed by atoms with Crippen LogP contribution in [0.3, 0.4) is 0 Å². The van der Waals surface area contributed by atoms with Gasteiger partial charge in [0.2, 0.25) is 0 Å². The molecule has 1 aromatic carbocycles. The smallest absolute Gasteiger partial charge is 0.129 e. The Morgan fingerprint density at radius 2 is 1.93 bits per heavy atom. The standard InChI is InChI=1S/C11H16FNO/c1-6-4-7(2)11(12)8(3)10(6)9(14)5-13/h4,9,14H,5,13H2,1-3H3. The number of aliphatic hydroxyl groups excluding tert-OH is 1. The average molecular weight is 197 g/mol. The number of benzene rings is 1. The van der Waals surface area contributed by atoms with E-state index in [2.05, 4.69) is 0 Å². The summed E-state index contributed by atoms with van der Waals surface area (Å²) in [7, 11) is 0. The molecule has 0 aliphatic carbocycles. The summed E-state index contributed by atoms with van der Waals surface area (Å²) in [6.07, 6.45) is -0.773. The Bertz CT molecular complexity index is 350. The summed E-state index contributed by atoms with van der Waals surface area (Å²) in [5, 5.41) is 9.61. The second-order valence-corrected chi connectivity index (χ2v) is 3.61. The van der Waals surface area contributed by atoms with Crippen LogP contribution in [0.25, 0.3) is 0 Å². The molecule has 0 heterocycles. The minimum Gasteiger partial charge on any atom is -0.387 e. The Labute approximate surface area is 83.6 Å². The van der Waals surface area contributed by atoms with E-state index < -0.39 is 6.10 Å². The Kier molecular flexibility index (Phi) is 3.24. The van der Waals surface area contributed by atoms with Crippen molar-refractivity contribution in [3.63, 3.8) is 0 Å². The zero-order valence-corrected chi connectivity index (χ0v) is 8.76. The number of aryl methyl sites for hydroxylation is 2. The highest BCUT2D eigenvalue weighted by atomic mass is 19.1. The van der Waals surface area contributed by atoms with Crippen molar-refractivity contribution in [1.29, 1.82) is 0 Å². The maximum Gasteiger partial charge on any atom is 0.129 e. The second kappa shape index (κ2) is 4.07. The molecule has 78 valence electrons. The van der Waals surface area contributed by atoms with Gasteiger partial charge in [-0.1, -0.05) is 6.07 Å².